The van der Waals surface area contributed by atoms with Gasteiger partial charge in [0.05, 0.1) is 5.69 Å². The number of aryl methyl sites for hydroxylation is 2. The van der Waals surface area contributed by atoms with Crippen molar-refractivity contribution in [1.82, 2.24) is 0 Å². The fourth-order valence-electron chi connectivity index (χ4n) is 4.97. The summed E-state index contributed by atoms with van der Waals surface area (Å²) in [6.45, 7) is 0. The maximum atomic E-state index is 2.44. The Bertz CT molecular complexity index is 1370. The third kappa shape index (κ3) is 3.02. The van der Waals surface area contributed by atoms with Gasteiger partial charge in [-0.05, 0) is 64.6 Å². The van der Waals surface area contributed by atoms with Crippen LogP contribution in [0.1, 0.15) is 11.1 Å². The van der Waals surface area contributed by atoms with Gasteiger partial charge in [-0.25, -0.2) is 0 Å². The molecular formula is C30H23N. The molecule has 5 aromatic rings. The van der Waals surface area contributed by atoms with E-state index in [4.69, 9.17) is 0 Å². The fourth-order valence-corrected chi connectivity index (χ4v) is 4.97. The Labute approximate surface area is 183 Å². The van der Waals surface area contributed by atoms with E-state index in [1.165, 1.54) is 50.1 Å². The van der Waals surface area contributed by atoms with Gasteiger partial charge in [-0.2, -0.15) is 0 Å². The normalized spacial score (nSPS) is 12.3. The van der Waals surface area contributed by atoms with Gasteiger partial charge < -0.3 is 4.90 Å². The minimum Gasteiger partial charge on any atom is -0.310 e. The second kappa shape index (κ2) is 7.45. The Morgan fingerprint density at radius 1 is 0.516 bits per heavy atom. The van der Waals surface area contributed by atoms with E-state index in [2.05, 4.69) is 120 Å². The van der Waals surface area contributed by atoms with E-state index in [1.54, 1.807) is 0 Å². The summed E-state index contributed by atoms with van der Waals surface area (Å²) in [5, 5.41) is 2.79. The standard InChI is InChI=1S/C30H23N/c1-3-10-22(11-4-1)26-16-7-8-17-28(26)31(25-14-5-2-6-15-25)29-21-19-24-13-9-12-23-18-20-27(29)30(23)24/h1-17,19,21H,18,20H2. The molecule has 0 N–H and O–H groups in total. The molecule has 0 saturated carbocycles. The van der Waals surface area contributed by atoms with E-state index in [9.17, 15) is 0 Å². The summed E-state index contributed by atoms with van der Waals surface area (Å²) in [5.74, 6) is 0. The molecule has 1 aliphatic carbocycles. The highest BCUT2D eigenvalue weighted by Crippen LogP contribution is 2.45. The largest absolute Gasteiger partial charge is 0.310 e. The zero-order valence-electron chi connectivity index (χ0n) is 17.3. The van der Waals surface area contributed by atoms with E-state index >= 15 is 0 Å². The number of para-hydroxylation sites is 2. The molecule has 0 aromatic heterocycles. The van der Waals surface area contributed by atoms with Crippen LogP contribution >= 0.6 is 0 Å². The van der Waals surface area contributed by atoms with Crippen molar-refractivity contribution >= 4 is 27.8 Å². The number of nitrogens with zero attached hydrogens (tertiary/aromatic N) is 1. The van der Waals surface area contributed by atoms with Crippen LogP contribution < -0.4 is 4.90 Å². The van der Waals surface area contributed by atoms with Gasteiger partial charge in [-0.15, -0.1) is 0 Å². The van der Waals surface area contributed by atoms with Crippen LogP contribution in [0, 0.1) is 0 Å². The first-order valence-corrected chi connectivity index (χ1v) is 10.9. The maximum absolute atomic E-state index is 2.44. The molecule has 1 nitrogen and oxygen atoms in total. The van der Waals surface area contributed by atoms with Crippen LogP contribution in [0.25, 0.3) is 21.9 Å². The lowest BCUT2D eigenvalue weighted by Crippen LogP contribution is -2.13. The Kier molecular flexibility index (Phi) is 4.32. The molecule has 31 heavy (non-hydrogen) atoms. The summed E-state index contributed by atoms with van der Waals surface area (Å²) in [6.07, 6.45) is 2.20. The molecule has 1 aliphatic rings. The minimum absolute atomic E-state index is 1.09. The highest BCUT2D eigenvalue weighted by molar-refractivity contribution is 5.98. The molecule has 0 aliphatic heterocycles. The molecule has 0 bridgehead atoms. The van der Waals surface area contributed by atoms with Crippen molar-refractivity contribution < 1.29 is 0 Å². The zero-order chi connectivity index (χ0) is 20.6. The van der Waals surface area contributed by atoms with Crippen LogP contribution in [0.15, 0.2) is 115 Å². The summed E-state index contributed by atoms with van der Waals surface area (Å²) in [7, 11) is 0. The lowest BCUT2D eigenvalue weighted by atomic mass is 9.99. The minimum atomic E-state index is 1.09. The fraction of sp³-hybridized carbons (Fsp3) is 0.0667. The average Bonchev–Trinajstić information content (AvgIpc) is 3.28. The Hall–Kier alpha value is -3.84. The highest BCUT2D eigenvalue weighted by atomic mass is 15.1. The molecule has 6 rings (SSSR count). The van der Waals surface area contributed by atoms with Crippen molar-refractivity contribution in [3.63, 3.8) is 0 Å². The van der Waals surface area contributed by atoms with Gasteiger partial charge in [-0.3, -0.25) is 0 Å². The first-order valence-electron chi connectivity index (χ1n) is 10.9. The Morgan fingerprint density at radius 2 is 1.26 bits per heavy atom. The van der Waals surface area contributed by atoms with Crippen molar-refractivity contribution in [3.05, 3.63) is 126 Å². The zero-order valence-corrected chi connectivity index (χ0v) is 17.3. The lowest BCUT2D eigenvalue weighted by Gasteiger charge is -2.29. The van der Waals surface area contributed by atoms with Crippen molar-refractivity contribution in [2.45, 2.75) is 12.8 Å². The van der Waals surface area contributed by atoms with Crippen molar-refractivity contribution in [2.75, 3.05) is 4.90 Å². The van der Waals surface area contributed by atoms with Crippen molar-refractivity contribution in [3.8, 4) is 11.1 Å². The summed E-state index contributed by atoms with van der Waals surface area (Å²) in [6, 6.07) is 41.5. The highest BCUT2D eigenvalue weighted by Gasteiger charge is 2.24. The molecule has 1 heteroatoms. The SMILES string of the molecule is c1ccc(-c2ccccc2N(c2ccccc2)c2ccc3cccc4c3c2CC4)cc1. The van der Waals surface area contributed by atoms with Gasteiger partial charge in [0, 0.05) is 16.9 Å². The molecule has 0 atom stereocenters. The molecule has 0 heterocycles. The molecule has 148 valence electrons. The van der Waals surface area contributed by atoms with Crippen LogP contribution in [-0.4, -0.2) is 0 Å². The molecule has 0 amide bonds. The molecular weight excluding hydrogens is 374 g/mol. The lowest BCUT2D eigenvalue weighted by molar-refractivity contribution is 1.02. The van der Waals surface area contributed by atoms with E-state index in [0.717, 1.165) is 12.8 Å². The number of benzene rings is 5. The van der Waals surface area contributed by atoms with E-state index < -0.39 is 0 Å². The predicted molar refractivity (Wildman–Crippen MR) is 131 cm³/mol. The molecule has 0 fully saturated rings. The maximum Gasteiger partial charge on any atom is 0.0540 e. The molecule has 5 aromatic carbocycles. The van der Waals surface area contributed by atoms with E-state index in [0.29, 0.717) is 0 Å². The van der Waals surface area contributed by atoms with E-state index in [1.807, 2.05) is 0 Å². The van der Waals surface area contributed by atoms with E-state index in [-0.39, 0.29) is 0 Å². The van der Waals surface area contributed by atoms with Gasteiger partial charge in [0.2, 0.25) is 0 Å². The van der Waals surface area contributed by atoms with Crippen LogP contribution in [0.2, 0.25) is 0 Å². The van der Waals surface area contributed by atoms with Crippen molar-refractivity contribution in [2.24, 2.45) is 0 Å². The predicted octanol–water partition coefficient (Wildman–Crippen LogP) is 8.08. The van der Waals surface area contributed by atoms with Gasteiger partial charge in [-0.1, -0.05) is 91.0 Å². The van der Waals surface area contributed by atoms with Crippen molar-refractivity contribution in [1.29, 1.82) is 0 Å². The summed E-state index contributed by atoms with van der Waals surface area (Å²) < 4.78 is 0. The molecule has 0 spiro atoms. The van der Waals surface area contributed by atoms with Crippen LogP contribution in [-0.2, 0) is 12.8 Å². The summed E-state index contributed by atoms with van der Waals surface area (Å²) in [4.78, 5) is 2.44. The quantitative estimate of drug-likeness (QED) is 0.296. The van der Waals surface area contributed by atoms with Gasteiger partial charge in [0.25, 0.3) is 0 Å². The molecule has 0 unspecified atom stereocenters. The number of hydrogen-bond donors (Lipinski definition) is 0. The smallest absolute Gasteiger partial charge is 0.0540 e. The van der Waals surface area contributed by atoms with Gasteiger partial charge >= 0.3 is 0 Å². The average molecular weight is 398 g/mol. The summed E-state index contributed by atoms with van der Waals surface area (Å²) >= 11 is 0. The second-order valence-corrected chi connectivity index (χ2v) is 8.13. The Morgan fingerprint density at radius 3 is 2.10 bits per heavy atom. The number of anilines is 3. The number of rotatable bonds is 4. The first-order chi connectivity index (χ1) is 15.4. The van der Waals surface area contributed by atoms with Gasteiger partial charge in [0.1, 0.15) is 0 Å². The van der Waals surface area contributed by atoms with Crippen LogP contribution in [0.4, 0.5) is 17.1 Å². The summed E-state index contributed by atoms with van der Waals surface area (Å²) in [5.41, 5.74) is 9.08. The first kappa shape index (κ1) is 18.0. The third-order valence-electron chi connectivity index (χ3n) is 6.34. The number of hydrogen-bond acceptors (Lipinski definition) is 1. The Balaban J connectivity index is 1.64. The monoisotopic (exact) mass is 397 g/mol. The third-order valence-corrected chi connectivity index (χ3v) is 6.34. The molecule has 0 radical (unpaired) electrons. The second-order valence-electron chi connectivity index (χ2n) is 8.13. The topological polar surface area (TPSA) is 3.24 Å². The van der Waals surface area contributed by atoms with Crippen LogP contribution in [0.3, 0.4) is 0 Å². The van der Waals surface area contributed by atoms with Gasteiger partial charge in [0.15, 0.2) is 0 Å². The van der Waals surface area contributed by atoms with Crippen LogP contribution in [0.5, 0.6) is 0 Å². The molecule has 0 saturated heterocycles.